The number of imidazole rings is 1. The van der Waals surface area contributed by atoms with Gasteiger partial charge in [0.05, 0.1) is 11.2 Å². The Labute approximate surface area is 113 Å². The second kappa shape index (κ2) is 5.21. The minimum Gasteiger partial charge on any atom is -0.397 e. The molecule has 0 atom stereocenters. The van der Waals surface area contributed by atoms with Gasteiger partial charge in [-0.2, -0.15) is 0 Å². The first-order valence-electron chi connectivity index (χ1n) is 7.05. The molecular formula is C15H21N3O. The lowest BCUT2D eigenvalue weighted by Crippen LogP contribution is -2.13. The van der Waals surface area contributed by atoms with Crippen LogP contribution in [0, 0.1) is 0 Å². The lowest BCUT2D eigenvalue weighted by atomic mass is 9.89. The van der Waals surface area contributed by atoms with Crippen molar-refractivity contribution in [3.63, 3.8) is 0 Å². The van der Waals surface area contributed by atoms with Crippen LogP contribution in [0.25, 0.3) is 11.0 Å². The normalized spacial score (nSPS) is 17.1. The third-order valence-electron chi connectivity index (χ3n) is 4.07. The average Bonchev–Trinajstić information content (AvgIpc) is 2.81. The largest absolute Gasteiger partial charge is 0.397 e. The zero-order valence-corrected chi connectivity index (χ0v) is 11.4. The Balaban J connectivity index is 2.11. The minimum atomic E-state index is 0.547. The summed E-state index contributed by atoms with van der Waals surface area (Å²) in [6, 6.07) is 5.97. The molecule has 1 aliphatic carbocycles. The van der Waals surface area contributed by atoms with Crippen molar-refractivity contribution in [3.05, 3.63) is 24.0 Å². The molecule has 1 saturated carbocycles. The molecule has 4 heteroatoms. The van der Waals surface area contributed by atoms with Crippen LogP contribution < -0.4 is 5.73 Å². The number of fused-ring (bicyclic) bond motifs is 1. The summed E-state index contributed by atoms with van der Waals surface area (Å²) in [4.78, 5) is 4.81. The molecule has 1 aliphatic rings. The van der Waals surface area contributed by atoms with Crippen LogP contribution in [0.2, 0.25) is 0 Å². The van der Waals surface area contributed by atoms with Crippen molar-refractivity contribution in [3.8, 4) is 0 Å². The minimum absolute atomic E-state index is 0.547. The van der Waals surface area contributed by atoms with Gasteiger partial charge in [-0.15, -0.1) is 0 Å². The Bertz CT molecular complexity index is 570. The maximum absolute atomic E-state index is 6.05. The highest BCUT2D eigenvalue weighted by Crippen LogP contribution is 2.34. The van der Waals surface area contributed by atoms with Crippen molar-refractivity contribution >= 4 is 16.7 Å². The van der Waals surface area contributed by atoms with E-state index >= 15 is 0 Å². The van der Waals surface area contributed by atoms with E-state index in [2.05, 4.69) is 10.6 Å². The van der Waals surface area contributed by atoms with Crippen LogP contribution >= 0.6 is 0 Å². The van der Waals surface area contributed by atoms with E-state index in [-0.39, 0.29) is 0 Å². The summed E-state index contributed by atoms with van der Waals surface area (Å²) >= 11 is 0. The number of methoxy groups -OCH3 is 1. The number of nitrogens with two attached hydrogens (primary N) is 1. The SMILES string of the molecule is COCn1c(C2CCCCC2)nc2c(N)cccc21. The van der Waals surface area contributed by atoms with Crippen LogP contribution in [0.5, 0.6) is 0 Å². The number of rotatable bonds is 3. The summed E-state index contributed by atoms with van der Waals surface area (Å²) < 4.78 is 7.53. The molecule has 2 aromatic rings. The van der Waals surface area contributed by atoms with Gasteiger partial charge in [0, 0.05) is 13.0 Å². The molecule has 1 aromatic carbocycles. The smallest absolute Gasteiger partial charge is 0.124 e. The van der Waals surface area contributed by atoms with Crippen LogP contribution in [-0.2, 0) is 11.5 Å². The standard InChI is InChI=1S/C15H21N3O/c1-19-10-18-13-9-5-8-12(16)14(13)17-15(18)11-6-3-2-4-7-11/h5,8-9,11H,2-4,6-7,10,16H2,1H3. The number of nitrogen functional groups attached to an aromatic ring is 1. The molecule has 0 amide bonds. The number of hydrogen-bond donors (Lipinski definition) is 1. The van der Waals surface area contributed by atoms with E-state index in [1.807, 2.05) is 12.1 Å². The topological polar surface area (TPSA) is 53.1 Å². The maximum Gasteiger partial charge on any atom is 0.124 e. The number of anilines is 1. The Morgan fingerprint density at radius 3 is 2.84 bits per heavy atom. The molecule has 102 valence electrons. The van der Waals surface area contributed by atoms with E-state index < -0.39 is 0 Å². The first-order chi connectivity index (χ1) is 9.31. The third-order valence-corrected chi connectivity index (χ3v) is 4.07. The fraction of sp³-hybridized carbons (Fsp3) is 0.533. The van der Waals surface area contributed by atoms with E-state index in [4.69, 9.17) is 15.5 Å². The summed E-state index contributed by atoms with van der Waals surface area (Å²) in [6.45, 7) is 0.547. The molecule has 0 bridgehead atoms. The quantitative estimate of drug-likeness (QED) is 0.861. The summed E-state index contributed by atoms with van der Waals surface area (Å²) in [5.41, 5.74) is 8.80. The van der Waals surface area contributed by atoms with Gasteiger partial charge >= 0.3 is 0 Å². The van der Waals surface area contributed by atoms with Gasteiger partial charge < -0.3 is 15.0 Å². The van der Waals surface area contributed by atoms with Crippen LogP contribution in [0.1, 0.15) is 43.8 Å². The van der Waals surface area contributed by atoms with Crippen LogP contribution in [0.15, 0.2) is 18.2 Å². The zero-order chi connectivity index (χ0) is 13.2. The molecule has 1 heterocycles. The third kappa shape index (κ3) is 2.21. The lowest BCUT2D eigenvalue weighted by Gasteiger charge is -2.22. The first-order valence-corrected chi connectivity index (χ1v) is 7.05. The predicted octanol–water partition coefficient (Wildman–Crippen LogP) is 3.27. The molecule has 3 rings (SSSR count). The molecular weight excluding hydrogens is 238 g/mol. The van der Waals surface area contributed by atoms with Gasteiger partial charge in [-0.05, 0) is 25.0 Å². The molecule has 0 radical (unpaired) electrons. The van der Waals surface area contributed by atoms with Gasteiger partial charge in [-0.25, -0.2) is 4.98 Å². The second-order valence-corrected chi connectivity index (χ2v) is 5.37. The molecule has 19 heavy (non-hydrogen) atoms. The summed E-state index contributed by atoms with van der Waals surface area (Å²) in [6.07, 6.45) is 6.41. The van der Waals surface area contributed by atoms with E-state index in [0.29, 0.717) is 12.6 Å². The predicted molar refractivity (Wildman–Crippen MR) is 77.0 cm³/mol. The number of ether oxygens (including phenoxy) is 1. The van der Waals surface area contributed by atoms with Crippen molar-refractivity contribution in [1.29, 1.82) is 0 Å². The summed E-state index contributed by atoms with van der Waals surface area (Å²) in [7, 11) is 1.72. The van der Waals surface area contributed by atoms with Crippen LogP contribution in [-0.4, -0.2) is 16.7 Å². The number of hydrogen-bond acceptors (Lipinski definition) is 3. The Morgan fingerprint density at radius 1 is 1.32 bits per heavy atom. The van der Waals surface area contributed by atoms with E-state index in [1.165, 1.54) is 32.1 Å². The van der Waals surface area contributed by atoms with Crippen molar-refractivity contribution in [1.82, 2.24) is 9.55 Å². The molecule has 4 nitrogen and oxygen atoms in total. The van der Waals surface area contributed by atoms with Gasteiger partial charge in [0.25, 0.3) is 0 Å². The van der Waals surface area contributed by atoms with Gasteiger partial charge in [0.1, 0.15) is 18.1 Å². The van der Waals surface area contributed by atoms with Gasteiger partial charge in [0.15, 0.2) is 0 Å². The van der Waals surface area contributed by atoms with E-state index in [1.54, 1.807) is 7.11 Å². The molecule has 1 aromatic heterocycles. The molecule has 0 unspecified atom stereocenters. The Morgan fingerprint density at radius 2 is 2.11 bits per heavy atom. The fourth-order valence-corrected chi connectivity index (χ4v) is 3.12. The van der Waals surface area contributed by atoms with Crippen LogP contribution in [0.3, 0.4) is 0 Å². The van der Waals surface area contributed by atoms with Gasteiger partial charge in [0.2, 0.25) is 0 Å². The van der Waals surface area contributed by atoms with Crippen molar-refractivity contribution in [2.24, 2.45) is 0 Å². The fourth-order valence-electron chi connectivity index (χ4n) is 3.12. The van der Waals surface area contributed by atoms with E-state index in [0.717, 1.165) is 22.5 Å². The number of benzene rings is 1. The first kappa shape index (κ1) is 12.5. The maximum atomic E-state index is 6.05. The highest BCUT2D eigenvalue weighted by atomic mass is 16.5. The Hall–Kier alpha value is -1.55. The summed E-state index contributed by atoms with van der Waals surface area (Å²) in [5, 5.41) is 0. The highest BCUT2D eigenvalue weighted by Gasteiger charge is 2.22. The van der Waals surface area contributed by atoms with Crippen molar-refractivity contribution in [2.75, 3.05) is 12.8 Å². The zero-order valence-electron chi connectivity index (χ0n) is 11.4. The van der Waals surface area contributed by atoms with Crippen molar-refractivity contribution in [2.45, 2.75) is 44.8 Å². The van der Waals surface area contributed by atoms with Gasteiger partial charge in [-0.3, -0.25) is 0 Å². The molecule has 1 fully saturated rings. The molecule has 0 spiro atoms. The number of para-hydroxylation sites is 1. The number of nitrogens with zero attached hydrogens (tertiary/aromatic N) is 2. The average molecular weight is 259 g/mol. The number of aromatic nitrogens is 2. The van der Waals surface area contributed by atoms with Gasteiger partial charge in [-0.1, -0.05) is 25.3 Å². The Kier molecular flexibility index (Phi) is 3.42. The molecule has 0 aliphatic heterocycles. The molecule has 2 N–H and O–H groups in total. The molecule has 0 saturated heterocycles. The lowest BCUT2D eigenvalue weighted by molar-refractivity contribution is 0.130. The van der Waals surface area contributed by atoms with Crippen molar-refractivity contribution < 1.29 is 4.74 Å². The monoisotopic (exact) mass is 259 g/mol. The highest BCUT2D eigenvalue weighted by molar-refractivity contribution is 5.87. The summed E-state index contributed by atoms with van der Waals surface area (Å²) in [5.74, 6) is 1.70. The second-order valence-electron chi connectivity index (χ2n) is 5.37. The van der Waals surface area contributed by atoms with Crippen LogP contribution in [0.4, 0.5) is 5.69 Å². The van der Waals surface area contributed by atoms with E-state index in [9.17, 15) is 0 Å².